The summed E-state index contributed by atoms with van der Waals surface area (Å²) in [4.78, 5) is 9.17. The fourth-order valence-corrected chi connectivity index (χ4v) is 0.850. The molecule has 1 aliphatic heterocycles. The molecule has 1 heterocycles. The Hall–Kier alpha value is -1.13. The van der Waals surface area contributed by atoms with Gasteiger partial charge in [0.2, 0.25) is 0 Å². The molecule has 10 heavy (non-hydrogen) atoms. The summed E-state index contributed by atoms with van der Waals surface area (Å²) in [6.45, 7) is 0.487. The van der Waals surface area contributed by atoms with Crippen LogP contribution in [-0.4, -0.2) is 17.6 Å². The van der Waals surface area contributed by atoms with Crippen molar-refractivity contribution in [2.75, 3.05) is 6.54 Å². The average Bonchev–Trinajstić information content (AvgIpc) is 2.15. The van der Waals surface area contributed by atoms with Gasteiger partial charge in [0.15, 0.2) is 0 Å². The largest absolute Gasteiger partial charge is 0.381 e. The molecule has 56 valence electrons. The lowest BCUT2D eigenvalue weighted by molar-refractivity contribution is -0.404. The van der Waals surface area contributed by atoms with Crippen molar-refractivity contribution >= 4 is 0 Å². The first-order chi connectivity index (χ1) is 4.70. The molecule has 1 aliphatic rings. The summed E-state index contributed by atoms with van der Waals surface area (Å²) in [6, 6.07) is 0. The predicted molar refractivity (Wildman–Crippen MR) is 32.6 cm³/mol. The van der Waals surface area contributed by atoms with Gasteiger partial charge < -0.3 is 5.32 Å². The van der Waals surface area contributed by atoms with Gasteiger partial charge in [-0.15, -0.1) is 0 Å². The summed E-state index contributed by atoms with van der Waals surface area (Å²) in [5, 5.41) is 12.4. The number of nitrogens with one attached hydrogen (secondary N) is 1. The minimum Gasteiger partial charge on any atom is -0.381 e. The van der Waals surface area contributed by atoms with E-state index in [-0.39, 0.29) is 5.70 Å². The van der Waals surface area contributed by atoms with Crippen LogP contribution in [0.3, 0.4) is 0 Å². The highest BCUT2D eigenvalue weighted by Gasteiger charge is 2.21. The first-order valence-electron chi connectivity index (χ1n) is 2.93. The molecule has 1 fully saturated rings. The van der Waals surface area contributed by atoms with Crippen LogP contribution in [0.15, 0.2) is 11.9 Å². The average molecular weight is 146 g/mol. The Morgan fingerprint density at radius 1 is 1.90 bits per heavy atom. The summed E-state index contributed by atoms with van der Waals surface area (Å²) in [6.07, 6.45) is -0.164. The van der Waals surface area contributed by atoms with Crippen LogP contribution in [0.2, 0.25) is 0 Å². The Kier molecular flexibility index (Phi) is 1.84. The van der Waals surface area contributed by atoms with Gasteiger partial charge in [0.25, 0.3) is 6.20 Å². The maximum Gasteiger partial charge on any atom is 0.256 e. The molecule has 1 saturated heterocycles. The van der Waals surface area contributed by atoms with Crippen molar-refractivity contribution in [1.29, 1.82) is 0 Å². The minimum atomic E-state index is -1.18. The molecular weight excluding hydrogens is 139 g/mol. The van der Waals surface area contributed by atoms with E-state index in [9.17, 15) is 14.5 Å². The van der Waals surface area contributed by atoms with E-state index < -0.39 is 11.1 Å². The second-order valence-corrected chi connectivity index (χ2v) is 2.05. The van der Waals surface area contributed by atoms with Crippen LogP contribution in [0, 0.1) is 10.1 Å². The van der Waals surface area contributed by atoms with Gasteiger partial charge in [0.1, 0.15) is 11.9 Å². The summed E-state index contributed by atoms with van der Waals surface area (Å²) in [7, 11) is 0. The highest BCUT2D eigenvalue weighted by Crippen LogP contribution is 2.13. The zero-order valence-electron chi connectivity index (χ0n) is 5.21. The van der Waals surface area contributed by atoms with E-state index in [0.29, 0.717) is 19.2 Å². The molecule has 1 N–H and O–H groups in total. The van der Waals surface area contributed by atoms with Crippen LogP contribution in [0.4, 0.5) is 4.39 Å². The van der Waals surface area contributed by atoms with Crippen molar-refractivity contribution < 1.29 is 9.31 Å². The number of alkyl halides is 1. The summed E-state index contributed by atoms with van der Waals surface area (Å²) in [5.74, 6) is 0. The fraction of sp³-hybridized carbons (Fsp3) is 0.600. The maximum absolute atomic E-state index is 12.5. The van der Waals surface area contributed by atoms with Crippen molar-refractivity contribution in [1.82, 2.24) is 5.32 Å². The van der Waals surface area contributed by atoms with Gasteiger partial charge in [-0.1, -0.05) is 0 Å². The number of nitro groups is 1. The molecule has 0 aromatic carbocycles. The molecule has 0 saturated carbocycles. The van der Waals surface area contributed by atoms with Crippen LogP contribution in [0.5, 0.6) is 0 Å². The van der Waals surface area contributed by atoms with E-state index in [1.807, 2.05) is 0 Å². The first kappa shape index (κ1) is 6.98. The highest BCUT2D eigenvalue weighted by atomic mass is 19.1. The Bertz CT molecular complexity index is 180. The topological polar surface area (TPSA) is 55.2 Å². The van der Waals surface area contributed by atoms with Crippen LogP contribution < -0.4 is 5.32 Å². The monoisotopic (exact) mass is 146 g/mol. The summed E-state index contributed by atoms with van der Waals surface area (Å²) in [5.41, 5.74) is 0.0880. The molecule has 0 amide bonds. The minimum absolute atomic E-state index is 0.0880. The van der Waals surface area contributed by atoms with E-state index >= 15 is 0 Å². The van der Waals surface area contributed by atoms with Gasteiger partial charge in [0, 0.05) is 13.0 Å². The molecule has 1 rings (SSSR count). The fourth-order valence-electron chi connectivity index (χ4n) is 0.850. The second-order valence-electron chi connectivity index (χ2n) is 2.05. The van der Waals surface area contributed by atoms with Gasteiger partial charge in [-0.3, -0.25) is 10.1 Å². The highest BCUT2D eigenvalue weighted by molar-refractivity contribution is 5.07. The lowest BCUT2D eigenvalue weighted by atomic mass is 10.3. The maximum atomic E-state index is 12.5. The van der Waals surface area contributed by atoms with E-state index in [2.05, 4.69) is 5.32 Å². The number of halogens is 1. The molecular formula is C5H7FN2O2. The number of allylic oxidation sites excluding steroid dienone is 1. The molecule has 0 aromatic heterocycles. The van der Waals surface area contributed by atoms with E-state index in [4.69, 9.17) is 0 Å². The second kappa shape index (κ2) is 2.64. The van der Waals surface area contributed by atoms with Crippen LogP contribution in [0.1, 0.15) is 6.42 Å². The molecule has 0 aliphatic carbocycles. The molecule has 1 unspecified atom stereocenters. The number of nitrogens with zero attached hydrogens (tertiary/aromatic N) is 1. The zero-order chi connectivity index (χ0) is 7.56. The van der Waals surface area contributed by atoms with E-state index in [1.54, 1.807) is 0 Å². The molecule has 1 atom stereocenters. The van der Waals surface area contributed by atoms with Gasteiger partial charge in [0.05, 0.1) is 4.92 Å². The lowest BCUT2D eigenvalue weighted by Crippen LogP contribution is -2.09. The zero-order valence-corrected chi connectivity index (χ0v) is 5.21. The Morgan fingerprint density at radius 2 is 2.60 bits per heavy atom. The Morgan fingerprint density at radius 3 is 3.00 bits per heavy atom. The van der Waals surface area contributed by atoms with Gasteiger partial charge >= 0.3 is 0 Å². The molecule has 0 aromatic rings. The quantitative estimate of drug-likeness (QED) is 0.431. The number of rotatable bonds is 1. The van der Waals surface area contributed by atoms with Crippen molar-refractivity contribution in [2.45, 2.75) is 12.6 Å². The standard InChI is InChI=1S/C5H7FN2O2/c6-4-1-2-7-5(4)3-8(9)10/h3-4,7H,1-2H2/b5-3-. The van der Waals surface area contributed by atoms with Crippen LogP contribution in [-0.2, 0) is 0 Å². The summed E-state index contributed by atoms with van der Waals surface area (Å²) >= 11 is 0. The predicted octanol–water partition coefficient (Wildman–Crippen LogP) is 0.436. The number of hydrogen-bond donors (Lipinski definition) is 1. The van der Waals surface area contributed by atoms with Crippen LogP contribution in [0.25, 0.3) is 0 Å². The van der Waals surface area contributed by atoms with Crippen LogP contribution >= 0.6 is 0 Å². The SMILES string of the molecule is O=[N+]([O-])/C=C1\NCCC1F. The summed E-state index contributed by atoms with van der Waals surface area (Å²) < 4.78 is 12.5. The third-order valence-corrected chi connectivity index (χ3v) is 1.31. The smallest absolute Gasteiger partial charge is 0.256 e. The Labute approximate surface area is 56.9 Å². The third-order valence-electron chi connectivity index (χ3n) is 1.31. The van der Waals surface area contributed by atoms with E-state index in [0.717, 1.165) is 0 Å². The first-order valence-corrected chi connectivity index (χ1v) is 2.93. The van der Waals surface area contributed by atoms with Gasteiger partial charge in [-0.05, 0) is 0 Å². The molecule has 4 nitrogen and oxygen atoms in total. The van der Waals surface area contributed by atoms with Crippen molar-refractivity contribution in [3.63, 3.8) is 0 Å². The van der Waals surface area contributed by atoms with Gasteiger partial charge in [-0.2, -0.15) is 0 Å². The van der Waals surface area contributed by atoms with Gasteiger partial charge in [-0.25, -0.2) is 4.39 Å². The lowest BCUT2D eigenvalue weighted by Gasteiger charge is -1.94. The number of hydrogen-bond acceptors (Lipinski definition) is 3. The normalized spacial score (nSPS) is 28.5. The molecule has 0 radical (unpaired) electrons. The molecule has 5 heteroatoms. The van der Waals surface area contributed by atoms with Crippen molar-refractivity contribution in [3.05, 3.63) is 22.0 Å². The van der Waals surface area contributed by atoms with Crippen molar-refractivity contribution in [2.24, 2.45) is 0 Å². The third kappa shape index (κ3) is 1.43. The molecule has 0 bridgehead atoms. The Balaban J connectivity index is 2.62. The van der Waals surface area contributed by atoms with E-state index in [1.165, 1.54) is 0 Å². The van der Waals surface area contributed by atoms with Crippen molar-refractivity contribution in [3.8, 4) is 0 Å². The molecule has 0 spiro atoms.